The third kappa shape index (κ3) is 7.30. The second kappa shape index (κ2) is 6.76. The molecular weight excluding hydrogens is 196 g/mol. The topological polar surface area (TPSA) is 95.6 Å². The number of nitrogens with two attached hydrogens (primary N) is 1. The van der Waals surface area contributed by atoms with Crippen molar-refractivity contribution < 1.29 is 15.0 Å². The van der Waals surface area contributed by atoms with Gasteiger partial charge in [0.2, 0.25) is 0 Å². The van der Waals surface area contributed by atoms with Gasteiger partial charge >= 0.3 is 5.97 Å². The van der Waals surface area contributed by atoms with Crippen LogP contribution in [0.5, 0.6) is 0 Å². The van der Waals surface area contributed by atoms with E-state index in [-0.39, 0.29) is 18.6 Å². The Morgan fingerprint density at radius 1 is 1.53 bits per heavy atom. The largest absolute Gasteiger partial charge is 0.480 e. The zero-order valence-electron chi connectivity index (χ0n) is 9.49. The first kappa shape index (κ1) is 14.3. The van der Waals surface area contributed by atoms with Crippen LogP contribution in [-0.4, -0.2) is 41.9 Å². The number of aliphatic hydroxyl groups is 1. The van der Waals surface area contributed by atoms with Gasteiger partial charge in [-0.05, 0) is 18.3 Å². The Bertz CT molecular complexity index is 195. The number of carbonyl (C=O) groups is 1. The second-order valence-corrected chi connectivity index (χ2v) is 4.57. The molecule has 0 aliphatic rings. The predicted molar refractivity (Wildman–Crippen MR) is 58.6 cm³/mol. The summed E-state index contributed by atoms with van der Waals surface area (Å²) in [6, 6.07) is -0.848. The van der Waals surface area contributed by atoms with E-state index >= 15 is 0 Å². The Labute approximate surface area is 90.7 Å². The monoisotopic (exact) mass is 218 g/mol. The van der Waals surface area contributed by atoms with Gasteiger partial charge in [-0.1, -0.05) is 13.8 Å². The maximum Gasteiger partial charge on any atom is 0.321 e. The van der Waals surface area contributed by atoms with Gasteiger partial charge in [0, 0.05) is 19.7 Å². The van der Waals surface area contributed by atoms with Gasteiger partial charge in [-0.25, -0.2) is 0 Å². The number of carboxylic acids is 1. The summed E-state index contributed by atoms with van der Waals surface area (Å²) in [6.45, 7) is 5.31. The number of aliphatic carboxylic acids is 1. The van der Waals surface area contributed by atoms with E-state index < -0.39 is 12.0 Å². The van der Waals surface area contributed by atoms with E-state index in [1.807, 2.05) is 0 Å². The van der Waals surface area contributed by atoms with Crippen molar-refractivity contribution in [1.82, 2.24) is 5.32 Å². The summed E-state index contributed by atoms with van der Waals surface area (Å²) in [5.74, 6) is -0.990. The molecule has 0 aliphatic carbocycles. The highest BCUT2D eigenvalue weighted by atomic mass is 16.4. The Morgan fingerprint density at radius 3 is 2.60 bits per heavy atom. The van der Waals surface area contributed by atoms with Crippen molar-refractivity contribution in [3.05, 3.63) is 0 Å². The Hall–Kier alpha value is -0.650. The van der Waals surface area contributed by atoms with E-state index in [2.05, 4.69) is 19.2 Å². The standard InChI is InChI=1S/C10H22N2O3/c1-10(2,4-3-5-13)7-12-6-8(11)9(14)15/h8,12-13H,3-7,11H2,1-2H3,(H,14,15). The molecule has 0 saturated heterocycles. The van der Waals surface area contributed by atoms with E-state index in [0.717, 1.165) is 12.8 Å². The fraction of sp³-hybridized carbons (Fsp3) is 0.900. The predicted octanol–water partition coefficient (Wildman–Crippen LogP) is -0.213. The molecule has 0 heterocycles. The summed E-state index contributed by atoms with van der Waals surface area (Å²) in [5.41, 5.74) is 5.40. The molecule has 0 aromatic carbocycles. The van der Waals surface area contributed by atoms with Gasteiger partial charge in [-0.2, -0.15) is 0 Å². The first-order valence-corrected chi connectivity index (χ1v) is 5.19. The summed E-state index contributed by atoms with van der Waals surface area (Å²) in [4.78, 5) is 10.4. The van der Waals surface area contributed by atoms with Crippen LogP contribution in [0.3, 0.4) is 0 Å². The minimum absolute atomic E-state index is 0.0565. The molecule has 90 valence electrons. The number of rotatable bonds is 8. The summed E-state index contributed by atoms with van der Waals surface area (Å²) in [6.07, 6.45) is 1.67. The molecule has 0 saturated carbocycles. The smallest absolute Gasteiger partial charge is 0.321 e. The molecule has 0 bridgehead atoms. The first-order chi connectivity index (χ1) is 6.89. The molecule has 0 radical (unpaired) electrons. The zero-order valence-corrected chi connectivity index (χ0v) is 9.49. The van der Waals surface area contributed by atoms with Crippen LogP contribution < -0.4 is 11.1 Å². The molecule has 15 heavy (non-hydrogen) atoms. The van der Waals surface area contributed by atoms with Crippen LogP contribution in [0, 0.1) is 5.41 Å². The molecule has 0 aromatic rings. The number of carboxylic acid groups (broad SMARTS) is 1. The Morgan fingerprint density at radius 2 is 2.13 bits per heavy atom. The lowest BCUT2D eigenvalue weighted by Crippen LogP contribution is -2.43. The maximum atomic E-state index is 10.4. The average Bonchev–Trinajstić information content (AvgIpc) is 2.14. The third-order valence-electron chi connectivity index (χ3n) is 2.30. The fourth-order valence-electron chi connectivity index (χ4n) is 1.30. The van der Waals surface area contributed by atoms with Crippen LogP contribution in [0.1, 0.15) is 26.7 Å². The van der Waals surface area contributed by atoms with Gasteiger partial charge in [-0.3, -0.25) is 4.79 Å². The fourth-order valence-corrected chi connectivity index (χ4v) is 1.30. The SMILES string of the molecule is CC(C)(CCCO)CNCC(N)C(=O)O. The summed E-state index contributed by atoms with van der Waals surface area (Å²) in [5, 5.41) is 20.3. The maximum absolute atomic E-state index is 10.4. The van der Waals surface area contributed by atoms with E-state index in [9.17, 15) is 4.79 Å². The minimum atomic E-state index is -0.990. The van der Waals surface area contributed by atoms with Gasteiger partial charge in [0.1, 0.15) is 6.04 Å². The molecule has 1 atom stereocenters. The van der Waals surface area contributed by atoms with E-state index in [1.165, 1.54) is 0 Å². The summed E-state index contributed by atoms with van der Waals surface area (Å²) < 4.78 is 0. The van der Waals surface area contributed by atoms with Crippen LogP contribution in [-0.2, 0) is 4.79 Å². The van der Waals surface area contributed by atoms with Crippen LogP contribution >= 0.6 is 0 Å². The zero-order chi connectivity index (χ0) is 11.9. The van der Waals surface area contributed by atoms with Crippen molar-refractivity contribution in [1.29, 1.82) is 0 Å². The molecule has 0 rings (SSSR count). The number of hydrogen-bond donors (Lipinski definition) is 4. The van der Waals surface area contributed by atoms with Crippen molar-refractivity contribution in [3.8, 4) is 0 Å². The van der Waals surface area contributed by atoms with E-state index in [0.29, 0.717) is 6.54 Å². The van der Waals surface area contributed by atoms with Crippen molar-refractivity contribution in [3.63, 3.8) is 0 Å². The van der Waals surface area contributed by atoms with Crippen LogP contribution in [0.2, 0.25) is 0 Å². The summed E-state index contributed by atoms with van der Waals surface area (Å²) >= 11 is 0. The van der Waals surface area contributed by atoms with Crippen molar-refractivity contribution >= 4 is 5.97 Å². The Balaban J connectivity index is 3.69. The second-order valence-electron chi connectivity index (χ2n) is 4.57. The molecule has 0 fully saturated rings. The van der Waals surface area contributed by atoms with Gasteiger partial charge in [0.25, 0.3) is 0 Å². The lowest BCUT2D eigenvalue weighted by molar-refractivity contribution is -0.138. The van der Waals surface area contributed by atoms with Gasteiger partial charge in [-0.15, -0.1) is 0 Å². The van der Waals surface area contributed by atoms with Crippen LogP contribution in [0.25, 0.3) is 0 Å². The molecular formula is C10H22N2O3. The molecule has 5 heteroatoms. The van der Waals surface area contributed by atoms with Gasteiger partial charge < -0.3 is 21.3 Å². The third-order valence-corrected chi connectivity index (χ3v) is 2.30. The Kier molecular flexibility index (Phi) is 6.47. The number of aliphatic hydroxyl groups excluding tert-OH is 1. The molecule has 1 unspecified atom stereocenters. The molecule has 5 nitrogen and oxygen atoms in total. The minimum Gasteiger partial charge on any atom is -0.480 e. The quantitative estimate of drug-likeness (QED) is 0.452. The lowest BCUT2D eigenvalue weighted by Gasteiger charge is -2.25. The van der Waals surface area contributed by atoms with Gasteiger partial charge in [0.05, 0.1) is 0 Å². The normalized spacial score (nSPS) is 13.9. The lowest BCUT2D eigenvalue weighted by atomic mass is 9.88. The van der Waals surface area contributed by atoms with Crippen LogP contribution in [0.4, 0.5) is 0 Å². The average molecular weight is 218 g/mol. The van der Waals surface area contributed by atoms with Crippen LogP contribution in [0.15, 0.2) is 0 Å². The molecule has 0 spiro atoms. The molecule has 0 aromatic heterocycles. The highest BCUT2D eigenvalue weighted by molar-refractivity contribution is 5.73. The highest BCUT2D eigenvalue weighted by Gasteiger charge is 2.18. The van der Waals surface area contributed by atoms with Crippen molar-refractivity contribution in [2.75, 3.05) is 19.7 Å². The number of nitrogens with one attached hydrogen (secondary N) is 1. The summed E-state index contributed by atoms with van der Waals surface area (Å²) in [7, 11) is 0. The van der Waals surface area contributed by atoms with Crippen molar-refractivity contribution in [2.24, 2.45) is 11.1 Å². The van der Waals surface area contributed by atoms with Gasteiger partial charge in [0.15, 0.2) is 0 Å². The van der Waals surface area contributed by atoms with Crippen molar-refractivity contribution in [2.45, 2.75) is 32.7 Å². The number of hydrogen-bond acceptors (Lipinski definition) is 4. The molecule has 5 N–H and O–H groups in total. The van der Waals surface area contributed by atoms with E-state index in [1.54, 1.807) is 0 Å². The highest BCUT2D eigenvalue weighted by Crippen LogP contribution is 2.20. The first-order valence-electron chi connectivity index (χ1n) is 5.19. The molecule has 0 aliphatic heterocycles. The molecule has 0 amide bonds. The van der Waals surface area contributed by atoms with E-state index in [4.69, 9.17) is 15.9 Å².